The van der Waals surface area contributed by atoms with E-state index in [1.165, 1.54) is 24.3 Å². The van der Waals surface area contributed by atoms with Crippen molar-refractivity contribution in [3.05, 3.63) is 52.8 Å². The van der Waals surface area contributed by atoms with Gasteiger partial charge < -0.3 is 4.74 Å². The Kier molecular flexibility index (Phi) is 3.94. The van der Waals surface area contributed by atoms with Crippen LogP contribution in [0.1, 0.15) is 16.1 Å². The highest BCUT2D eigenvalue weighted by Gasteiger charge is 2.35. The molecule has 0 unspecified atom stereocenters. The fourth-order valence-corrected chi connectivity index (χ4v) is 1.70. The largest absolute Gasteiger partial charge is 0.456 e. The molecule has 2 aromatic rings. The second-order valence-electron chi connectivity index (χ2n) is 3.79. The summed E-state index contributed by atoms with van der Waals surface area (Å²) < 4.78 is 42.7. The zero-order valence-corrected chi connectivity index (χ0v) is 10.6. The molecule has 0 aliphatic rings. The second-order valence-corrected chi connectivity index (χ2v) is 4.20. The molecule has 1 heterocycles. The van der Waals surface area contributed by atoms with Gasteiger partial charge >= 0.3 is 6.18 Å². The van der Waals surface area contributed by atoms with Crippen LogP contribution in [-0.2, 0) is 6.18 Å². The second kappa shape index (κ2) is 5.50. The van der Waals surface area contributed by atoms with Crippen LogP contribution < -0.4 is 4.74 Å². The van der Waals surface area contributed by atoms with Crippen LogP contribution in [-0.4, -0.2) is 11.3 Å². The number of rotatable bonds is 3. The van der Waals surface area contributed by atoms with E-state index >= 15 is 0 Å². The Bertz CT molecular complexity index is 627. The third-order valence-corrected chi connectivity index (χ3v) is 2.62. The highest BCUT2D eigenvalue weighted by molar-refractivity contribution is 6.31. The Balaban J connectivity index is 2.21. The van der Waals surface area contributed by atoms with Crippen LogP contribution in [0.2, 0.25) is 5.02 Å². The summed E-state index contributed by atoms with van der Waals surface area (Å²) >= 11 is 5.52. The maximum absolute atomic E-state index is 12.5. The van der Waals surface area contributed by atoms with E-state index in [4.69, 9.17) is 16.3 Å². The van der Waals surface area contributed by atoms with Crippen molar-refractivity contribution in [2.75, 3.05) is 0 Å². The van der Waals surface area contributed by atoms with Crippen molar-refractivity contribution in [2.45, 2.75) is 6.18 Å². The molecule has 0 fully saturated rings. The van der Waals surface area contributed by atoms with Gasteiger partial charge in [-0.15, -0.1) is 0 Å². The van der Waals surface area contributed by atoms with Crippen LogP contribution in [0.3, 0.4) is 0 Å². The number of pyridine rings is 1. The smallest absolute Gasteiger partial charge is 0.434 e. The van der Waals surface area contributed by atoms with Gasteiger partial charge in [0, 0.05) is 11.6 Å². The summed E-state index contributed by atoms with van der Waals surface area (Å²) in [7, 11) is 0. The van der Waals surface area contributed by atoms with Crippen LogP contribution in [0.5, 0.6) is 11.5 Å². The number of ether oxygens (including phenoxy) is 1. The lowest BCUT2D eigenvalue weighted by molar-refractivity contribution is -0.141. The molecule has 0 atom stereocenters. The van der Waals surface area contributed by atoms with Crippen LogP contribution in [0.4, 0.5) is 13.2 Å². The highest BCUT2D eigenvalue weighted by Crippen LogP contribution is 2.35. The van der Waals surface area contributed by atoms with Crippen molar-refractivity contribution in [2.24, 2.45) is 0 Å². The minimum Gasteiger partial charge on any atom is -0.456 e. The van der Waals surface area contributed by atoms with Gasteiger partial charge in [0.15, 0.2) is 5.69 Å². The number of hydrogen-bond acceptors (Lipinski definition) is 3. The molecule has 0 aliphatic heterocycles. The Labute approximate surface area is 117 Å². The molecule has 20 heavy (non-hydrogen) atoms. The molecule has 0 bridgehead atoms. The summed E-state index contributed by atoms with van der Waals surface area (Å²) in [6, 6.07) is 7.08. The van der Waals surface area contributed by atoms with E-state index in [2.05, 4.69) is 4.98 Å². The number of carbonyl (C=O) groups is 1. The number of aromatic nitrogens is 1. The molecule has 104 valence electrons. The van der Waals surface area contributed by atoms with Gasteiger partial charge in [0.1, 0.15) is 17.8 Å². The average Bonchev–Trinajstić information content (AvgIpc) is 2.38. The van der Waals surface area contributed by atoms with Gasteiger partial charge in [-0.2, -0.15) is 13.2 Å². The van der Waals surface area contributed by atoms with E-state index in [1.807, 2.05) is 0 Å². The predicted octanol–water partition coefficient (Wildman–Crippen LogP) is 4.36. The molecule has 0 saturated carbocycles. The van der Waals surface area contributed by atoms with E-state index in [9.17, 15) is 18.0 Å². The van der Waals surface area contributed by atoms with Crippen LogP contribution in [0, 0.1) is 0 Å². The number of halogens is 4. The van der Waals surface area contributed by atoms with Crippen LogP contribution in [0.25, 0.3) is 0 Å². The van der Waals surface area contributed by atoms with Crippen LogP contribution in [0.15, 0.2) is 36.5 Å². The average molecular weight is 302 g/mol. The first-order valence-electron chi connectivity index (χ1n) is 5.36. The minimum atomic E-state index is -4.61. The molecule has 0 amide bonds. The van der Waals surface area contributed by atoms with E-state index in [-0.39, 0.29) is 5.75 Å². The molecule has 1 aromatic heterocycles. The zero-order valence-electron chi connectivity index (χ0n) is 9.82. The molecule has 7 heteroatoms. The summed E-state index contributed by atoms with van der Waals surface area (Å²) in [6.07, 6.45) is -3.01. The third kappa shape index (κ3) is 3.27. The summed E-state index contributed by atoms with van der Waals surface area (Å²) in [4.78, 5) is 13.7. The lowest BCUT2D eigenvalue weighted by Crippen LogP contribution is -2.08. The summed E-state index contributed by atoms with van der Waals surface area (Å²) in [5.41, 5.74) is -0.705. The molecule has 0 radical (unpaired) electrons. The number of alkyl halides is 3. The summed E-state index contributed by atoms with van der Waals surface area (Å²) in [5, 5.41) is -0.542. The van der Waals surface area contributed by atoms with Crippen molar-refractivity contribution in [3.63, 3.8) is 0 Å². The number of nitrogens with zero attached hydrogens (tertiary/aromatic N) is 1. The number of benzene rings is 1. The maximum atomic E-state index is 12.5. The predicted molar refractivity (Wildman–Crippen MR) is 66.2 cm³/mol. The van der Waals surface area contributed by atoms with Crippen molar-refractivity contribution in [1.82, 2.24) is 4.98 Å². The van der Waals surface area contributed by atoms with Crippen molar-refractivity contribution < 1.29 is 22.7 Å². The van der Waals surface area contributed by atoms with Crippen molar-refractivity contribution >= 4 is 17.9 Å². The van der Waals surface area contributed by atoms with E-state index in [1.54, 1.807) is 0 Å². The molecule has 0 N–H and O–H groups in total. The Morgan fingerprint density at radius 2 is 1.80 bits per heavy atom. The Morgan fingerprint density at radius 1 is 1.15 bits per heavy atom. The standard InChI is InChI=1S/C13H7ClF3NO2/c14-11-5-10(6-18-12(11)13(15,16)17)20-9-3-1-8(7-19)2-4-9/h1-7H. The van der Waals surface area contributed by atoms with Gasteiger partial charge in [-0.3, -0.25) is 4.79 Å². The zero-order chi connectivity index (χ0) is 14.8. The number of carbonyl (C=O) groups excluding carboxylic acids is 1. The molecule has 0 saturated heterocycles. The lowest BCUT2D eigenvalue weighted by Gasteiger charge is -2.10. The third-order valence-electron chi connectivity index (χ3n) is 2.34. The van der Waals surface area contributed by atoms with Gasteiger partial charge in [0.25, 0.3) is 0 Å². The highest BCUT2D eigenvalue weighted by atomic mass is 35.5. The van der Waals surface area contributed by atoms with Crippen molar-refractivity contribution in [3.8, 4) is 11.5 Å². The first kappa shape index (κ1) is 14.3. The minimum absolute atomic E-state index is 0.0712. The molecule has 0 aliphatic carbocycles. The maximum Gasteiger partial charge on any atom is 0.434 e. The molecular formula is C13H7ClF3NO2. The Morgan fingerprint density at radius 3 is 2.30 bits per heavy atom. The van der Waals surface area contributed by atoms with E-state index in [0.717, 1.165) is 12.3 Å². The molecular weight excluding hydrogens is 295 g/mol. The first-order chi connectivity index (χ1) is 9.40. The van der Waals surface area contributed by atoms with Crippen LogP contribution >= 0.6 is 11.6 Å². The molecule has 3 nitrogen and oxygen atoms in total. The Hall–Kier alpha value is -2.08. The van der Waals surface area contributed by atoms with E-state index < -0.39 is 16.9 Å². The number of hydrogen-bond donors (Lipinski definition) is 0. The number of aldehydes is 1. The van der Waals surface area contributed by atoms with Gasteiger partial charge in [-0.1, -0.05) is 11.6 Å². The van der Waals surface area contributed by atoms with E-state index in [0.29, 0.717) is 17.6 Å². The van der Waals surface area contributed by atoms with Gasteiger partial charge in [0.05, 0.1) is 11.2 Å². The summed E-state index contributed by atoms with van der Waals surface area (Å²) in [5.74, 6) is 0.426. The first-order valence-corrected chi connectivity index (χ1v) is 5.74. The summed E-state index contributed by atoms with van der Waals surface area (Å²) in [6.45, 7) is 0. The fourth-order valence-electron chi connectivity index (χ4n) is 1.44. The lowest BCUT2D eigenvalue weighted by atomic mass is 10.2. The van der Waals surface area contributed by atoms with Gasteiger partial charge in [-0.25, -0.2) is 4.98 Å². The fraction of sp³-hybridized carbons (Fsp3) is 0.0769. The topological polar surface area (TPSA) is 39.2 Å². The molecule has 2 rings (SSSR count). The van der Waals surface area contributed by atoms with Gasteiger partial charge in [-0.05, 0) is 24.3 Å². The molecule has 0 spiro atoms. The normalized spacial score (nSPS) is 11.2. The monoisotopic (exact) mass is 301 g/mol. The van der Waals surface area contributed by atoms with Gasteiger partial charge in [0.2, 0.25) is 0 Å². The molecule has 1 aromatic carbocycles. The SMILES string of the molecule is O=Cc1ccc(Oc2cnc(C(F)(F)F)c(Cl)c2)cc1. The van der Waals surface area contributed by atoms with Crippen molar-refractivity contribution in [1.29, 1.82) is 0 Å². The quantitative estimate of drug-likeness (QED) is 0.791.